The summed E-state index contributed by atoms with van der Waals surface area (Å²) in [6.07, 6.45) is 16.2. The number of hydrogen-bond donors (Lipinski definition) is 3. The minimum absolute atomic E-state index is 0. The Hall–Kier alpha value is -5.33. The lowest BCUT2D eigenvalue weighted by Crippen LogP contribution is -2.56. The summed E-state index contributed by atoms with van der Waals surface area (Å²) in [7, 11) is 2.93. The number of benzene rings is 2. The summed E-state index contributed by atoms with van der Waals surface area (Å²) in [5.41, 5.74) is 13.2. The van der Waals surface area contributed by atoms with Gasteiger partial charge in [0, 0.05) is 29.6 Å². The molecule has 0 fully saturated rings. The Kier molecular flexibility index (Phi) is 32.2. The third kappa shape index (κ3) is 23.1. The molecule has 2 aromatic carbocycles. The van der Waals surface area contributed by atoms with E-state index in [1.165, 1.54) is 56.7 Å². The number of amides is 3. The first-order valence-corrected chi connectivity index (χ1v) is 25.3. The van der Waals surface area contributed by atoms with Crippen LogP contribution in [0.25, 0.3) is 0 Å². The molecule has 3 N–H and O–H groups in total. The number of nitrogens with one attached hydrogen (secondary N) is 3. The summed E-state index contributed by atoms with van der Waals surface area (Å²) in [6, 6.07) is 21.9. The largest absolute Gasteiger partial charge is 0.480 e. The number of hydrogen-bond acceptors (Lipinski definition) is 9. The van der Waals surface area contributed by atoms with Gasteiger partial charge >= 0.3 is 0 Å². The van der Waals surface area contributed by atoms with Gasteiger partial charge in [0.15, 0.2) is 0 Å². The van der Waals surface area contributed by atoms with E-state index in [9.17, 15) is 19.2 Å². The zero-order chi connectivity index (χ0) is 52.0. The van der Waals surface area contributed by atoms with Crippen LogP contribution in [0.5, 0.6) is 11.8 Å². The molecule has 4 aromatic rings. The fourth-order valence-corrected chi connectivity index (χ4v) is 7.36. The molecule has 2 atom stereocenters. The van der Waals surface area contributed by atoms with Gasteiger partial charge in [-0.1, -0.05) is 166 Å². The number of pyridine rings is 2. The number of rotatable bonds is 21. The van der Waals surface area contributed by atoms with Crippen LogP contribution in [0.2, 0.25) is 0 Å². The second-order valence-electron chi connectivity index (χ2n) is 18.7. The third-order valence-corrected chi connectivity index (χ3v) is 11.7. The monoisotopic (exact) mass is 989 g/mol. The predicted molar refractivity (Wildman–Crippen MR) is 290 cm³/mol. The summed E-state index contributed by atoms with van der Waals surface area (Å²) in [5, 5.41) is 0.941. The van der Waals surface area contributed by atoms with Crippen molar-refractivity contribution in [2.45, 2.75) is 180 Å². The Morgan fingerprint density at radius 2 is 1.06 bits per heavy atom. The quantitative estimate of drug-likeness (QED) is 0.0421. The highest BCUT2D eigenvalue weighted by Gasteiger charge is 2.36. The zero-order valence-corrected chi connectivity index (χ0v) is 45.1. The van der Waals surface area contributed by atoms with E-state index < -0.39 is 5.24 Å². The second-order valence-corrected chi connectivity index (χ2v) is 19.1. The van der Waals surface area contributed by atoms with Crippen LogP contribution in [-0.4, -0.2) is 64.2 Å². The van der Waals surface area contributed by atoms with Crippen molar-refractivity contribution in [2.24, 2.45) is 10.8 Å². The van der Waals surface area contributed by atoms with Crippen LogP contribution >= 0.6 is 11.6 Å². The maximum absolute atomic E-state index is 13.8. The first-order valence-electron chi connectivity index (χ1n) is 24.9. The molecule has 2 heterocycles. The number of aryl methyl sites for hydroxylation is 2. The minimum Gasteiger partial charge on any atom is -0.480 e. The fourth-order valence-electron chi connectivity index (χ4n) is 7.21. The highest BCUT2D eigenvalue weighted by Crippen LogP contribution is 2.31. The number of nitrogens with zero attached hydrogens (tertiary/aromatic N) is 3. The van der Waals surface area contributed by atoms with Gasteiger partial charge < -0.3 is 9.47 Å². The van der Waals surface area contributed by atoms with Crippen molar-refractivity contribution in [3.63, 3.8) is 0 Å². The molecule has 2 unspecified atom stereocenters. The summed E-state index contributed by atoms with van der Waals surface area (Å²) in [5.74, 6) is -0.193. The van der Waals surface area contributed by atoms with Crippen LogP contribution in [0.15, 0.2) is 85.2 Å². The molecule has 70 heavy (non-hydrogen) atoms. The van der Waals surface area contributed by atoms with E-state index >= 15 is 0 Å². The number of hydrazine groups is 2. The van der Waals surface area contributed by atoms with Crippen molar-refractivity contribution < 1.29 is 28.7 Å². The van der Waals surface area contributed by atoms with E-state index in [0.717, 1.165) is 56.9 Å². The van der Waals surface area contributed by atoms with E-state index in [1.54, 1.807) is 42.6 Å². The SMILES string of the molecule is C.CC.CCCCCCC(N(NC(=O)c1ccc(CC)cc1)C(=O)c1cccnc1OC)C(C)(C)C.CCCCCCC(NNC(=O)c1ccc(CC)cc1)C(C)(C)C.COc1ncccc1C(=O)Cl. The molecule has 0 aliphatic heterocycles. The summed E-state index contributed by atoms with van der Waals surface area (Å²) in [6.45, 7) is 25.5. The molecule has 13 heteroatoms. The topological polar surface area (TPSA) is 152 Å². The lowest BCUT2D eigenvalue weighted by molar-refractivity contribution is 0.0263. The Balaban J connectivity index is 0.00000111. The minimum atomic E-state index is -0.560. The van der Waals surface area contributed by atoms with Gasteiger partial charge in [-0.05, 0) is 108 Å². The number of aromatic nitrogens is 2. The molecule has 0 radical (unpaired) electrons. The van der Waals surface area contributed by atoms with E-state index in [-0.39, 0.29) is 65.4 Å². The van der Waals surface area contributed by atoms with Crippen LogP contribution in [0.1, 0.15) is 207 Å². The van der Waals surface area contributed by atoms with Gasteiger partial charge in [0.05, 0.1) is 25.8 Å². The van der Waals surface area contributed by atoms with Gasteiger partial charge in [0.1, 0.15) is 5.56 Å². The molecule has 390 valence electrons. The molecular formula is C57H89ClN6O6. The second kappa shape index (κ2) is 34.9. The Labute approximate surface area is 427 Å². The summed E-state index contributed by atoms with van der Waals surface area (Å²) >= 11 is 5.23. The van der Waals surface area contributed by atoms with Crippen molar-refractivity contribution in [3.8, 4) is 11.8 Å². The standard InChI is InChI=1S/C27H39N3O3.C20H34N2O.C7H6ClNO2.C2H6.CH4/c1-7-9-10-11-14-23(27(3,4)5)30(26(32)22-13-12-19-28-25(22)33-6)29-24(31)21-17-15-20(8-2)16-18-21;1-6-8-9-10-11-18(20(3,4)5)21-22-19(23)17-14-12-16(7-2)13-15-17;1-11-7-5(6(8)10)3-2-4-9-7;1-2;/h12-13,15-19,23H,7-11,14H2,1-6H3,(H,29,31);12-15,18,21H,6-11H2,1-5H3,(H,22,23);2-4H,1H3;1-2H3;1H4. The van der Waals surface area contributed by atoms with Gasteiger partial charge in [-0.15, -0.1) is 0 Å². The first-order chi connectivity index (χ1) is 32.9. The lowest BCUT2D eigenvalue weighted by atomic mass is 9.82. The van der Waals surface area contributed by atoms with Crippen molar-refractivity contribution in [2.75, 3.05) is 14.2 Å². The van der Waals surface area contributed by atoms with Crippen molar-refractivity contribution in [1.29, 1.82) is 0 Å². The number of carbonyl (C=O) groups is 4. The van der Waals surface area contributed by atoms with Crippen molar-refractivity contribution >= 4 is 34.6 Å². The number of unbranched alkanes of at least 4 members (excludes halogenated alkanes) is 6. The molecule has 2 aromatic heterocycles. The molecule has 3 amide bonds. The highest BCUT2D eigenvalue weighted by molar-refractivity contribution is 6.68. The maximum Gasteiger partial charge on any atom is 0.278 e. The molecule has 0 spiro atoms. The molecule has 0 aliphatic carbocycles. The molecule has 0 saturated heterocycles. The fraction of sp³-hybridized carbons (Fsp3) is 0.544. The molecular weight excluding hydrogens is 900 g/mol. The number of carbonyl (C=O) groups excluding carboxylic acids is 4. The molecule has 0 saturated carbocycles. The number of ether oxygens (including phenoxy) is 2. The predicted octanol–water partition coefficient (Wildman–Crippen LogP) is 13.8. The Morgan fingerprint density at radius 1 is 0.614 bits per heavy atom. The molecule has 4 rings (SSSR count). The maximum atomic E-state index is 13.8. The molecule has 0 bridgehead atoms. The average Bonchev–Trinajstić information content (AvgIpc) is 3.35. The first kappa shape index (κ1) is 64.7. The normalized spacial score (nSPS) is 11.5. The van der Waals surface area contributed by atoms with Gasteiger partial charge in [0.25, 0.3) is 23.0 Å². The Bertz CT molecular complexity index is 2080. The van der Waals surface area contributed by atoms with Gasteiger partial charge in [0.2, 0.25) is 11.8 Å². The van der Waals surface area contributed by atoms with Crippen LogP contribution < -0.4 is 25.8 Å². The van der Waals surface area contributed by atoms with E-state index in [4.69, 9.17) is 21.1 Å². The molecule has 12 nitrogen and oxygen atoms in total. The van der Waals surface area contributed by atoms with Gasteiger partial charge in [-0.2, -0.15) is 0 Å². The average molecular weight is 990 g/mol. The van der Waals surface area contributed by atoms with Crippen molar-refractivity contribution in [1.82, 2.24) is 31.3 Å². The van der Waals surface area contributed by atoms with Crippen molar-refractivity contribution in [3.05, 3.63) is 119 Å². The van der Waals surface area contributed by atoms with Crippen LogP contribution in [-0.2, 0) is 12.8 Å². The van der Waals surface area contributed by atoms with Crippen LogP contribution in [0.3, 0.4) is 0 Å². The zero-order valence-electron chi connectivity index (χ0n) is 44.4. The highest BCUT2D eigenvalue weighted by atomic mass is 35.5. The van der Waals surface area contributed by atoms with Crippen LogP contribution in [0, 0.1) is 10.8 Å². The summed E-state index contributed by atoms with van der Waals surface area (Å²) in [4.78, 5) is 57.9. The lowest BCUT2D eigenvalue weighted by Gasteiger charge is -2.40. The van der Waals surface area contributed by atoms with E-state index in [2.05, 4.69) is 95.5 Å². The smallest absolute Gasteiger partial charge is 0.278 e. The van der Waals surface area contributed by atoms with Gasteiger partial charge in [-0.3, -0.25) is 30.0 Å². The number of halogens is 1. The molecule has 0 aliphatic rings. The Morgan fingerprint density at radius 3 is 1.46 bits per heavy atom. The third-order valence-electron chi connectivity index (χ3n) is 11.5. The number of methoxy groups -OCH3 is 2. The van der Waals surface area contributed by atoms with Gasteiger partial charge in [-0.25, -0.2) is 20.4 Å². The summed E-state index contributed by atoms with van der Waals surface area (Å²) < 4.78 is 10.1. The van der Waals surface area contributed by atoms with E-state index in [1.807, 2.05) is 50.2 Å². The van der Waals surface area contributed by atoms with Crippen LogP contribution in [0.4, 0.5) is 0 Å². The van der Waals surface area contributed by atoms with E-state index in [0.29, 0.717) is 16.7 Å².